The van der Waals surface area contributed by atoms with E-state index in [-0.39, 0.29) is 11.8 Å². The number of anilines is 1. The van der Waals surface area contributed by atoms with Crippen LogP contribution in [0.25, 0.3) is 6.08 Å². The highest BCUT2D eigenvalue weighted by Crippen LogP contribution is 2.20. The van der Waals surface area contributed by atoms with Gasteiger partial charge in [-0.05, 0) is 42.5 Å². The minimum atomic E-state index is -0.261. The second-order valence-electron chi connectivity index (χ2n) is 5.44. The quantitative estimate of drug-likeness (QED) is 0.648. The van der Waals surface area contributed by atoms with Gasteiger partial charge in [0.1, 0.15) is 0 Å². The van der Waals surface area contributed by atoms with Crippen molar-refractivity contribution in [2.75, 3.05) is 18.8 Å². The molecular weight excluding hydrogens is 266 g/mol. The highest BCUT2D eigenvalue weighted by atomic mass is 16.2. The SMILES string of the molecule is NC(=O)CC1CCN(C(=O)/C=C/c2ccc(N)cc2)CC1. The standard InChI is InChI=1S/C16H21N3O2/c17-14-4-1-12(2-5-14)3-6-16(21)19-9-7-13(8-10-19)11-15(18)20/h1-6,13H,7-11,17H2,(H2,18,20)/b6-3+. The molecule has 0 radical (unpaired) electrons. The minimum Gasteiger partial charge on any atom is -0.399 e. The van der Waals surface area contributed by atoms with E-state index in [1.807, 2.05) is 17.0 Å². The monoisotopic (exact) mass is 287 g/mol. The number of benzene rings is 1. The van der Waals surface area contributed by atoms with Crippen molar-refractivity contribution in [3.63, 3.8) is 0 Å². The fourth-order valence-electron chi connectivity index (χ4n) is 2.52. The van der Waals surface area contributed by atoms with Crippen molar-refractivity contribution < 1.29 is 9.59 Å². The molecule has 1 aromatic carbocycles. The van der Waals surface area contributed by atoms with Gasteiger partial charge in [0.05, 0.1) is 0 Å². The molecule has 0 saturated carbocycles. The van der Waals surface area contributed by atoms with Crippen LogP contribution in [0.3, 0.4) is 0 Å². The summed E-state index contributed by atoms with van der Waals surface area (Å²) in [4.78, 5) is 24.8. The third-order valence-corrected chi connectivity index (χ3v) is 3.77. The van der Waals surface area contributed by atoms with E-state index < -0.39 is 0 Å². The average Bonchev–Trinajstić information content (AvgIpc) is 2.46. The zero-order valence-electron chi connectivity index (χ0n) is 12.0. The Kier molecular flexibility index (Phi) is 4.98. The molecule has 0 bridgehead atoms. The van der Waals surface area contributed by atoms with Crippen LogP contribution in [0.5, 0.6) is 0 Å². The van der Waals surface area contributed by atoms with E-state index in [4.69, 9.17) is 11.5 Å². The maximum Gasteiger partial charge on any atom is 0.246 e. The molecule has 0 unspecified atom stereocenters. The van der Waals surface area contributed by atoms with Crippen LogP contribution in [0.2, 0.25) is 0 Å². The molecule has 1 aliphatic rings. The Balaban J connectivity index is 1.84. The van der Waals surface area contributed by atoms with Crippen molar-refractivity contribution in [1.82, 2.24) is 4.90 Å². The number of nitrogens with zero attached hydrogens (tertiary/aromatic N) is 1. The van der Waals surface area contributed by atoms with Gasteiger partial charge in [-0.1, -0.05) is 12.1 Å². The lowest BCUT2D eigenvalue weighted by atomic mass is 9.93. The summed E-state index contributed by atoms with van der Waals surface area (Å²) < 4.78 is 0. The summed E-state index contributed by atoms with van der Waals surface area (Å²) in [5.41, 5.74) is 12.5. The molecule has 21 heavy (non-hydrogen) atoms. The molecule has 1 aliphatic heterocycles. The third kappa shape index (κ3) is 4.63. The predicted octanol–water partition coefficient (Wildman–Crippen LogP) is 1.40. The maximum absolute atomic E-state index is 12.1. The van der Waals surface area contributed by atoms with E-state index in [9.17, 15) is 9.59 Å². The van der Waals surface area contributed by atoms with Crippen LogP contribution >= 0.6 is 0 Å². The first-order valence-corrected chi connectivity index (χ1v) is 7.15. The van der Waals surface area contributed by atoms with Crippen molar-refractivity contribution in [3.05, 3.63) is 35.9 Å². The number of nitrogens with two attached hydrogens (primary N) is 2. The van der Waals surface area contributed by atoms with Gasteiger partial charge in [-0.3, -0.25) is 9.59 Å². The summed E-state index contributed by atoms with van der Waals surface area (Å²) >= 11 is 0. The highest BCUT2D eigenvalue weighted by Gasteiger charge is 2.22. The normalized spacial score (nSPS) is 16.3. The number of amides is 2. The van der Waals surface area contributed by atoms with Gasteiger partial charge in [0, 0.05) is 31.3 Å². The molecule has 112 valence electrons. The van der Waals surface area contributed by atoms with Crippen molar-refractivity contribution in [2.45, 2.75) is 19.3 Å². The molecule has 0 aliphatic carbocycles. The van der Waals surface area contributed by atoms with Gasteiger partial charge in [0.15, 0.2) is 0 Å². The lowest BCUT2D eigenvalue weighted by Gasteiger charge is -2.30. The number of hydrogen-bond donors (Lipinski definition) is 2. The maximum atomic E-state index is 12.1. The van der Waals surface area contributed by atoms with Crippen molar-refractivity contribution in [2.24, 2.45) is 11.7 Å². The van der Waals surface area contributed by atoms with Crippen LogP contribution in [0.1, 0.15) is 24.8 Å². The van der Waals surface area contributed by atoms with E-state index in [2.05, 4.69) is 0 Å². The summed E-state index contributed by atoms with van der Waals surface area (Å²) in [6.07, 6.45) is 5.47. The Hall–Kier alpha value is -2.30. The number of likely N-dealkylation sites (tertiary alicyclic amines) is 1. The van der Waals surface area contributed by atoms with Crippen molar-refractivity contribution >= 4 is 23.6 Å². The summed E-state index contributed by atoms with van der Waals surface area (Å²) in [5.74, 6) is 0.0556. The second-order valence-corrected chi connectivity index (χ2v) is 5.44. The number of carbonyl (C=O) groups excluding carboxylic acids is 2. The zero-order valence-corrected chi connectivity index (χ0v) is 12.0. The number of hydrogen-bond acceptors (Lipinski definition) is 3. The lowest BCUT2D eigenvalue weighted by Crippen LogP contribution is -2.38. The van der Waals surface area contributed by atoms with Crippen molar-refractivity contribution in [3.8, 4) is 0 Å². The molecule has 0 aromatic heterocycles. The second kappa shape index (κ2) is 6.92. The number of rotatable bonds is 4. The smallest absolute Gasteiger partial charge is 0.246 e. The van der Waals surface area contributed by atoms with Crippen molar-refractivity contribution in [1.29, 1.82) is 0 Å². The molecule has 0 spiro atoms. The Morgan fingerprint density at radius 2 is 1.81 bits per heavy atom. The zero-order chi connectivity index (χ0) is 15.2. The predicted molar refractivity (Wildman–Crippen MR) is 83.0 cm³/mol. The molecule has 4 N–H and O–H groups in total. The van der Waals surface area contributed by atoms with Crippen LogP contribution in [0.4, 0.5) is 5.69 Å². The Morgan fingerprint density at radius 3 is 2.38 bits per heavy atom. The molecule has 1 heterocycles. The van der Waals surface area contributed by atoms with Gasteiger partial charge in [-0.2, -0.15) is 0 Å². The van der Waals surface area contributed by atoms with Crippen LogP contribution in [0, 0.1) is 5.92 Å². The van der Waals surface area contributed by atoms with Crippen LogP contribution < -0.4 is 11.5 Å². The van der Waals surface area contributed by atoms with E-state index in [1.165, 1.54) is 0 Å². The molecule has 5 heteroatoms. The number of primary amides is 1. The minimum absolute atomic E-state index is 0.00403. The Labute approximate surface area is 124 Å². The fourth-order valence-corrected chi connectivity index (χ4v) is 2.52. The van der Waals surface area contributed by atoms with Gasteiger partial charge < -0.3 is 16.4 Å². The van der Waals surface area contributed by atoms with Gasteiger partial charge in [-0.25, -0.2) is 0 Å². The first-order valence-electron chi connectivity index (χ1n) is 7.15. The summed E-state index contributed by atoms with van der Waals surface area (Å²) in [6, 6.07) is 7.36. The van der Waals surface area contributed by atoms with Gasteiger partial charge >= 0.3 is 0 Å². The van der Waals surface area contributed by atoms with Crippen LogP contribution in [0.15, 0.2) is 30.3 Å². The molecule has 1 aromatic rings. The van der Waals surface area contributed by atoms with E-state index in [1.54, 1.807) is 24.3 Å². The van der Waals surface area contributed by atoms with Gasteiger partial charge in [-0.15, -0.1) is 0 Å². The molecule has 1 saturated heterocycles. The first kappa shape index (κ1) is 15.1. The Bertz CT molecular complexity index is 529. The average molecular weight is 287 g/mol. The number of piperidine rings is 1. The summed E-state index contributed by atoms with van der Waals surface area (Å²) in [5, 5.41) is 0. The Morgan fingerprint density at radius 1 is 1.19 bits per heavy atom. The first-order chi connectivity index (χ1) is 10.0. The lowest BCUT2D eigenvalue weighted by molar-refractivity contribution is -0.127. The molecule has 5 nitrogen and oxygen atoms in total. The third-order valence-electron chi connectivity index (χ3n) is 3.77. The molecule has 1 fully saturated rings. The molecule has 0 atom stereocenters. The summed E-state index contributed by atoms with van der Waals surface area (Å²) in [6.45, 7) is 1.37. The summed E-state index contributed by atoms with van der Waals surface area (Å²) in [7, 11) is 0. The van der Waals surface area contributed by atoms with Crippen LogP contribution in [-0.2, 0) is 9.59 Å². The van der Waals surface area contributed by atoms with Gasteiger partial charge in [0.2, 0.25) is 11.8 Å². The number of nitrogen functional groups attached to an aromatic ring is 1. The van der Waals surface area contributed by atoms with E-state index in [0.29, 0.717) is 31.1 Å². The van der Waals surface area contributed by atoms with Crippen LogP contribution in [-0.4, -0.2) is 29.8 Å². The van der Waals surface area contributed by atoms with Gasteiger partial charge in [0.25, 0.3) is 0 Å². The number of carbonyl (C=O) groups is 2. The largest absolute Gasteiger partial charge is 0.399 e. The fraction of sp³-hybridized carbons (Fsp3) is 0.375. The van der Waals surface area contributed by atoms with E-state index in [0.717, 1.165) is 18.4 Å². The van der Waals surface area contributed by atoms with E-state index >= 15 is 0 Å². The molecule has 2 amide bonds. The topological polar surface area (TPSA) is 89.4 Å². The molecular formula is C16H21N3O2. The molecule has 2 rings (SSSR count). The highest BCUT2D eigenvalue weighted by molar-refractivity contribution is 5.91.